The number of hydrogen-bond acceptors (Lipinski definition) is 17. The van der Waals surface area contributed by atoms with Gasteiger partial charge in [0.1, 0.15) is 41.9 Å². The number of fused-ring (bicyclic) bond motifs is 4. The third-order valence-electron chi connectivity index (χ3n) is 11.7. The Morgan fingerprint density at radius 1 is 0.725 bits per heavy atom. The van der Waals surface area contributed by atoms with E-state index in [1.54, 1.807) is 36.4 Å². The summed E-state index contributed by atoms with van der Waals surface area (Å²) >= 11 is 0. The number of anilines is 1. The zero-order valence-electron chi connectivity index (χ0n) is 37.3. The molecule has 2 bridgehead atoms. The van der Waals surface area contributed by atoms with Crippen LogP contribution in [0.25, 0.3) is 0 Å². The highest BCUT2D eigenvalue weighted by molar-refractivity contribution is 6.22. The highest BCUT2D eigenvalue weighted by Gasteiger charge is 2.59. The predicted octanol–water partition coefficient (Wildman–Crippen LogP) is 0.898. The third-order valence-corrected chi connectivity index (χ3v) is 11.7. The van der Waals surface area contributed by atoms with Crippen LogP contribution in [0.2, 0.25) is 0 Å². The molecule has 2 unspecified atom stereocenters. The van der Waals surface area contributed by atoms with E-state index in [0.29, 0.717) is 24.9 Å². The Morgan fingerprint density at radius 3 is 1.90 bits per heavy atom. The van der Waals surface area contributed by atoms with Crippen LogP contribution >= 0.6 is 0 Å². The Kier molecular flexibility index (Phi) is 17.7. The molecule has 4 amide bonds. The molecule has 2 aromatic carbocycles. The Bertz CT molecular complexity index is 2260. The molecule has 374 valence electrons. The number of carbonyl (C=O) groups excluding carboxylic acids is 4. The molecule has 9 N–H and O–H groups in total. The lowest BCUT2D eigenvalue weighted by molar-refractivity contribution is -0.277. The van der Waals surface area contributed by atoms with Gasteiger partial charge in [-0.1, -0.05) is 51.0 Å². The summed E-state index contributed by atoms with van der Waals surface area (Å²) in [7, 11) is 0. The first-order valence-corrected chi connectivity index (χ1v) is 22.4. The van der Waals surface area contributed by atoms with E-state index >= 15 is 0 Å². The largest absolute Gasteiger partial charge is 0.479 e. The van der Waals surface area contributed by atoms with Crippen LogP contribution in [0, 0.1) is 0 Å². The lowest BCUT2D eigenvalue weighted by atomic mass is 9.88. The fraction of sp³-hybridized carbons (Fsp3) is 0.500. The van der Waals surface area contributed by atoms with Crippen LogP contribution in [-0.4, -0.2) is 164 Å². The molecule has 0 aliphatic carbocycles. The van der Waals surface area contributed by atoms with Crippen LogP contribution in [-0.2, 0) is 38.2 Å². The molecule has 4 heterocycles. The van der Waals surface area contributed by atoms with E-state index in [0.717, 1.165) is 57.1 Å². The fourth-order valence-corrected chi connectivity index (χ4v) is 8.23. The number of amides is 4. The monoisotopic (exact) mass is 969 g/mol. The van der Waals surface area contributed by atoms with Crippen molar-refractivity contribution in [1.82, 2.24) is 10.2 Å². The second-order valence-electron chi connectivity index (χ2n) is 16.7. The highest BCUT2D eigenvalue weighted by Crippen LogP contribution is 2.47. The van der Waals surface area contributed by atoms with Gasteiger partial charge in [0.2, 0.25) is 17.9 Å². The van der Waals surface area contributed by atoms with Gasteiger partial charge in [-0.05, 0) is 55.3 Å². The summed E-state index contributed by atoms with van der Waals surface area (Å²) < 4.78 is 32.6. The van der Waals surface area contributed by atoms with Crippen LogP contribution in [0.1, 0.15) is 74.6 Å². The lowest BCUT2D eigenvalue weighted by Crippen LogP contribution is -2.60. The van der Waals surface area contributed by atoms with Crippen LogP contribution in [0.5, 0.6) is 23.0 Å². The lowest BCUT2D eigenvalue weighted by Gasteiger charge is -2.39. The molecule has 23 nitrogen and oxygen atoms in total. The summed E-state index contributed by atoms with van der Waals surface area (Å²) in [6.45, 7) is -3.51. The molecule has 4 aliphatic rings. The van der Waals surface area contributed by atoms with E-state index in [2.05, 4.69) is 10.6 Å². The van der Waals surface area contributed by atoms with Gasteiger partial charge in [-0.25, -0.2) is 14.4 Å². The SMILES string of the molecule is O=C(O)COc1cc(C(=O)NCC23C=CC(O2)C2=C3C(=O)N(CCCCCCCCCCCC(=O)Nc3ccc(O[C@@H]4O[C@H](CO)[C@@H](O)[C@H](O)[C@H]4O)cc3)C2=O)cc(OCC(=O)O)c1OCC(=O)O. The van der Waals surface area contributed by atoms with Gasteiger partial charge in [0.15, 0.2) is 31.3 Å². The number of carboxylic acids is 3. The van der Waals surface area contributed by atoms with E-state index in [9.17, 15) is 54.0 Å². The van der Waals surface area contributed by atoms with Gasteiger partial charge >= 0.3 is 17.9 Å². The number of aliphatic hydroxyl groups is 4. The van der Waals surface area contributed by atoms with Crippen molar-refractivity contribution in [2.45, 2.75) is 107 Å². The summed E-state index contributed by atoms with van der Waals surface area (Å²) in [6.07, 6.45) is 3.39. The molecular formula is C46H55N3O20. The van der Waals surface area contributed by atoms with Gasteiger partial charge in [-0.15, -0.1) is 0 Å². The molecule has 6 rings (SSSR count). The van der Waals surface area contributed by atoms with Crippen LogP contribution in [0.4, 0.5) is 5.69 Å². The molecule has 0 saturated carbocycles. The Morgan fingerprint density at radius 2 is 1.30 bits per heavy atom. The fourth-order valence-electron chi connectivity index (χ4n) is 8.23. The number of unbranched alkanes of at least 4 members (excludes halogenated alkanes) is 8. The van der Waals surface area contributed by atoms with Crippen molar-refractivity contribution in [2.24, 2.45) is 0 Å². The van der Waals surface area contributed by atoms with Crippen molar-refractivity contribution in [2.75, 3.05) is 44.8 Å². The molecule has 69 heavy (non-hydrogen) atoms. The zero-order chi connectivity index (χ0) is 49.8. The topological polar surface area (TPSA) is 344 Å². The minimum absolute atomic E-state index is 0.114. The molecule has 0 spiro atoms. The number of benzene rings is 2. The maximum atomic E-state index is 13.7. The number of ether oxygens (including phenoxy) is 6. The zero-order valence-corrected chi connectivity index (χ0v) is 37.3. The number of aliphatic hydroxyl groups excluding tert-OH is 4. The summed E-state index contributed by atoms with van der Waals surface area (Å²) in [5.41, 5.74) is -0.857. The third kappa shape index (κ3) is 12.9. The van der Waals surface area contributed by atoms with Crippen molar-refractivity contribution >= 4 is 47.2 Å². The van der Waals surface area contributed by atoms with Crippen molar-refractivity contribution in [1.29, 1.82) is 0 Å². The maximum Gasteiger partial charge on any atom is 0.341 e. The maximum absolute atomic E-state index is 13.7. The van der Waals surface area contributed by atoms with Gasteiger partial charge in [0, 0.05) is 24.2 Å². The van der Waals surface area contributed by atoms with Gasteiger partial charge < -0.3 is 74.8 Å². The summed E-state index contributed by atoms with van der Waals surface area (Å²) in [6, 6.07) is 8.41. The van der Waals surface area contributed by atoms with E-state index in [-0.39, 0.29) is 41.5 Å². The second-order valence-corrected chi connectivity index (χ2v) is 16.7. The second kappa shape index (κ2) is 23.6. The van der Waals surface area contributed by atoms with Gasteiger partial charge in [0.05, 0.1) is 24.3 Å². The van der Waals surface area contributed by atoms with Crippen molar-refractivity contribution in [3.8, 4) is 23.0 Å². The Balaban J connectivity index is 0.884. The summed E-state index contributed by atoms with van der Waals surface area (Å²) in [5, 5.41) is 72.3. The first-order valence-electron chi connectivity index (χ1n) is 22.4. The minimum Gasteiger partial charge on any atom is -0.479 e. The predicted molar refractivity (Wildman–Crippen MR) is 234 cm³/mol. The number of carbonyl (C=O) groups is 7. The minimum atomic E-state index is -1.57. The van der Waals surface area contributed by atoms with Crippen molar-refractivity contribution in [3.63, 3.8) is 0 Å². The Labute approximate surface area is 394 Å². The molecule has 2 aromatic rings. The number of nitrogens with one attached hydrogen (secondary N) is 2. The van der Waals surface area contributed by atoms with Crippen LogP contribution < -0.4 is 29.6 Å². The molecular weight excluding hydrogens is 915 g/mol. The molecule has 0 aromatic heterocycles. The number of carboxylic acid groups (broad SMARTS) is 3. The van der Waals surface area contributed by atoms with E-state index in [1.807, 2.05) is 0 Å². The number of aliphatic carboxylic acids is 3. The summed E-state index contributed by atoms with van der Waals surface area (Å²) in [4.78, 5) is 88.1. The van der Waals surface area contributed by atoms with E-state index in [1.165, 1.54) is 4.90 Å². The van der Waals surface area contributed by atoms with E-state index < -0.39 is 122 Å². The molecule has 1 saturated heterocycles. The molecule has 7 atom stereocenters. The Hall–Kier alpha value is -6.63. The van der Waals surface area contributed by atoms with Crippen LogP contribution in [0.15, 0.2) is 59.7 Å². The molecule has 0 radical (unpaired) electrons. The highest BCUT2D eigenvalue weighted by atomic mass is 16.7. The van der Waals surface area contributed by atoms with Gasteiger partial charge in [0.25, 0.3) is 17.7 Å². The number of hydrogen-bond donors (Lipinski definition) is 9. The van der Waals surface area contributed by atoms with Gasteiger partial charge in [-0.3, -0.25) is 24.1 Å². The average molecular weight is 970 g/mol. The summed E-state index contributed by atoms with van der Waals surface area (Å²) in [5.74, 6) is -7.27. The van der Waals surface area contributed by atoms with Gasteiger partial charge in [-0.2, -0.15) is 0 Å². The number of imide groups is 1. The molecule has 4 aliphatic heterocycles. The smallest absolute Gasteiger partial charge is 0.341 e. The first kappa shape index (κ1) is 51.8. The normalized spacial score (nSPS) is 23.4. The standard InChI is InChI=1S/C46H55N3O20/c50-20-31-38(58)39(59)40(60)45(68-31)67-27-13-11-26(12-14-27)48-32(51)10-8-6-4-2-1-3-5-7-9-17-49-43(62)36-28-15-16-46(69-28,37(36)44(49)63)24-47-42(61)25-18-29(64-21-33(52)53)41(66-23-35(56)57)30(19-25)65-22-34(54)55/h11-16,18-19,28,31,38-40,45,50,58-60H,1-10,17,20-24H2,(H,47,61)(H,48,51)(H,52,53)(H,54,55)(H,56,57)/t28?,31-,38-,39+,40-,45-,46?/m1/s1. The van der Waals surface area contributed by atoms with E-state index in [4.69, 9.17) is 43.7 Å². The van der Waals surface area contributed by atoms with Crippen molar-refractivity contribution in [3.05, 3.63) is 65.3 Å². The molecule has 1 fully saturated rings. The number of rotatable bonds is 28. The number of nitrogens with zero attached hydrogens (tertiary/aromatic N) is 1. The molecule has 23 heteroatoms. The quantitative estimate of drug-likeness (QED) is 0.0325. The first-order chi connectivity index (χ1) is 33.0. The van der Waals surface area contributed by atoms with Crippen molar-refractivity contribution < 1.29 is 97.7 Å². The van der Waals surface area contributed by atoms with Crippen LogP contribution in [0.3, 0.4) is 0 Å². The average Bonchev–Trinajstić information content (AvgIpc) is 3.97.